The van der Waals surface area contributed by atoms with Crippen LogP contribution in [0.25, 0.3) is 0 Å². The topological polar surface area (TPSA) is 38.7 Å². The first-order chi connectivity index (χ1) is 6.90. The Hall–Kier alpha value is -1.38. The first-order valence-corrected chi connectivity index (χ1v) is 4.85. The predicted molar refractivity (Wildman–Crippen MR) is 59.9 cm³/mol. The molecule has 0 amide bonds. The number of benzene rings is 1. The fourth-order valence-electron chi connectivity index (χ4n) is 1.43. The summed E-state index contributed by atoms with van der Waals surface area (Å²) >= 11 is 0. The standard InChI is InChI=1S/C12H18O3/c1-12(2,3)9-6-8(14-4)7-10(15-5)11(9)13/h6-7,13H,1-5H3. The molecule has 0 bridgehead atoms. The molecular formula is C12H18O3. The van der Waals surface area contributed by atoms with E-state index in [4.69, 9.17) is 9.47 Å². The molecule has 15 heavy (non-hydrogen) atoms. The highest BCUT2D eigenvalue weighted by Gasteiger charge is 2.22. The van der Waals surface area contributed by atoms with Crippen molar-refractivity contribution in [1.82, 2.24) is 0 Å². The second-order valence-corrected chi connectivity index (χ2v) is 4.48. The van der Waals surface area contributed by atoms with Gasteiger partial charge in [-0.15, -0.1) is 0 Å². The number of aromatic hydroxyl groups is 1. The summed E-state index contributed by atoms with van der Waals surface area (Å²) < 4.78 is 10.2. The molecule has 0 fully saturated rings. The molecule has 0 saturated carbocycles. The average Bonchev–Trinajstić information content (AvgIpc) is 2.16. The smallest absolute Gasteiger partial charge is 0.164 e. The van der Waals surface area contributed by atoms with Crippen LogP contribution in [-0.2, 0) is 5.41 Å². The summed E-state index contributed by atoms with van der Waals surface area (Å²) in [6.07, 6.45) is 0. The van der Waals surface area contributed by atoms with Gasteiger partial charge < -0.3 is 14.6 Å². The molecule has 0 aliphatic heterocycles. The van der Waals surface area contributed by atoms with Crippen LogP contribution in [0.4, 0.5) is 0 Å². The van der Waals surface area contributed by atoms with Crippen molar-refractivity contribution in [2.75, 3.05) is 14.2 Å². The molecule has 1 rings (SSSR count). The van der Waals surface area contributed by atoms with Crippen molar-refractivity contribution < 1.29 is 14.6 Å². The van der Waals surface area contributed by atoms with E-state index in [0.717, 1.165) is 5.56 Å². The number of phenolic OH excluding ortho intramolecular Hbond substituents is 1. The van der Waals surface area contributed by atoms with Crippen molar-refractivity contribution >= 4 is 0 Å². The van der Waals surface area contributed by atoms with Crippen LogP contribution in [0.1, 0.15) is 26.3 Å². The molecular weight excluding hydrogens is 192 g/mol. The second kappa shape index (κ2) is 4.01. The zero-order valence-electron chi connectivity index (χ0n) is 9.92. The Morgan fingerprint density at radius 1 is 1.07 bits per heavy atom. The quantitative estimate of drug-likeness (QED) is 0.815. The number of rotatable bonds is 2. The van der Waals surface area contributed by atoms with Gasteiger partial charge in [0.05, 0.1) is 14.2 Å². The molecule has 3 heteroatoms. The number of hydrogen-bond donors (Lipinski definition) is 1. The average molecular weight is 210 g/mol. The molecule has 0 heterocycles. The van der Waals surface area contributed by atoms with Crippen molar-refractivity contribution in [2.24, 2.45) is 0 Å². The lowest BCUT2D eigenvalue weighted by Gasteiger charge is -2.22. The monoisotopic (exact) mass is 210 g/mol. The summed E-state index contributed by atoms with van der Waals surface area (Å²) in [4.78, 5) is 0. The summed E-state index contributed by atoms with van der Waals surface area (Å²) in [5.74, 6) is 1.32. The molecule has 3 nitrogen and oxygen atoms in total. The third-order valence-electron chi connectivity index (χ3n) is 2.31. The lowest BCUT2D eigenvalue weighted by atomic mass is 9.86. The first kappa shape index (κ1) is 11.7. The highest BCUT2D eigenvalue weighted by atomic mass is 16.5. The molecule has 0 radical (unpaired) electrons. The van der Waals surface area contributed by atoms with Gasteiger partial charge in [-0.05, 0) is 11.5 Å². The Kier molecular flexibility index (Phi) is 3.12. The van der Waals surface area contributed by atoms with E-state index in [1.807, 2.05) is 26.8 Å². The third kappa shape index (κ3) is 2.35. The molecule has 0 atom stereocenters. The van der Waals surface area contributed by atoms with E-state index in [1.165, 1.54) is 7.11 Å². The van der Waals surface area contributed by atoms with Gasteiger partial charge in [-0.1, -0.05) is 20.8 Å². The van der Waals surface area contributed by atoms with E-state index in [2.05, 4.69) is 0 Å². The van der Waals surface area contributed by atoms with Gasteiger partial charge in [-0.2, -0.15) is 0 Å². The molecule has 0 aromatic heterocycles. The molecule has 0 spiro atoms. The van der Waals surface area contributed by atoms with Gasteiger partial charge in [0.2, 0.25) is 0 Å². The minimum atomic E-state index is -0.147. The Labute approximate surface area is 90.6 Å². The van der Waals surface area contributed by atoms with Gasteiger partial charge >= 0.3 is 0 Å². The number of phenols is 1. The third-order valence-corrected chi connectivity index (χ3v) is 2.31. The van der Waals surface area contributed by atoms with Crippen LogP contribution in [0.15, 0.2) is 12.1 Å². The fourth-order valence-corrected chi connectivity index (χ4v) is 1.43. The van der Waals surface area contributed by atoms with Crippen molar-refractivity contribution in [3.05, 3.63) is 17.7 Å². The lowest BCUT2D eigenvalue weighted by Crippen LogP contribution is -2.12. The molecule has 0 unspecified atom stereocenters. The number of methoxy groups -OCH3 is 2. The largest absolute Gasteiger partial charge is 0.504 e. The number of ether oxygens (including phenoxy) is 2. The van der Waals surface area contributed by atoms with Crippen LogP contribution < -0.4 is 9.47 Å². The minimum absolute atomic E-state index is 0.147. The Balaban J connectivity index is 3.37. The van der Waals surface area contributed by atoms with Crippen LogP contribution in [0.5, 0.6) is 17.2 Å². The minimum Gasteiger partial charge on any atom is -0.504 e. The highest BCUT2D eigenvalue weighted by Crippen LogP contribution is 2.40. The Bertz CT molecular complexity index is 351. The Morgan fingerprint density at radius 2 is 1.67 bits per heavy atom. The van der Waals surface area contributed by atoms with Crippen molar-refractivity contribution in [2.45, 2.75) is 26.2 Å². The summed E-state index contributed by atoms with van der Waals surface area (Å²) in [6.45, 7) is 6.09. The van der Waals surface area contributed by atoms with E-state index >= 15 is 0 Å². The second-order valence-electron chi connectivity index (χ2n) is 4.48. The van der Waals surface area contributed by atoms with Gasteiger partial charge in [0.15, 0.2) is 11.5 Å². The van der Waals surface area contributed by atoms with Crippen LogP contribution >= 0.6 is 0 Å². The summed E-state index contributed by atoms with van der Waals surface area (Å²) in [6, 6.07) is 3.50. The predicted octanol–water partition coefficient (Wildman–Crippen LogP) is 2.71. The van der Waals surface area contributed by atoms with Crippen LogP contribution in [0.2, 0.25) is 0 Å². The van der Waals surface area contributed by atoms with E-state index in [-0.39, 0.29) is 11.2 Å². The first-order valence-electron chi connectivity index (χ1n) is 4.85. The molecule has 0 saturated heterocycles. The summed E-state index contributed by atoms with van der Waals surface area (Å²) in [5, 5.41) is 9.96. The van der Waals surface area contributed by atoms with Gasteiger partial charge in [0.25, 0.3) is 0 Å². The van der Waals surface area contributed by atoms with Gasteiger partial charge in [-0.25, -0.2) is 0 Å². The van der Waals surface area contributed by atoms with Gasteiger partial charge in [0, 0.05) is 11.6 Å². The fraction of sp³-hybridized carbons (Fsp3) is 0.500. The van der Waals surface area contributed by atoms with E-state index in [0.29, 0.717) is 11.5 Å². The molecule has 1 N–H and O–H groups in total. The van der Waals surface area contributed by atoms with E-state index in [9.17, 15) is 5.11 Å². The SMILES string of the molecule is COc1cc(OC)c(O)c(C(C)(C)C)c1. The normalized spacial score (nSPS) is 11.3. The van der Waals surface area contributed by atoms with Crippen LogP contribution in [-0.4, -0.2) is 19.3 Å². The molecule has 0 aliphatic carbocycles. The maximum absolute atomic E-state index is 9.96. The van der Waals surface area contributed by atoms with Crippen molar-refractivity contribution in [3.8, 4) is 17.2 Å². The zero-order valence-corrected chi connectivity index (χ0v) is 9.92. The number of hydrogen-bond acceptors (Lipinski definition) is 3. The van der Waals surface area contributed by atoms with Crippen molar-refractivity contribution in [3.63, 3.8) is 0 Å². The summed E-state index contributed by atoms with van der Waals surface area (Å²) in [7, 11) is 3.12. The lowest BCUT2D eigenvalue weighted by molar-refractivity contribution is 0.354. The van der Waals surface area contributed by atoms with Crippen LogP contribution in [0.3, 0.4) is 0 Å². The molecule has 1 aromatic carbocycles. The molecule has 0 aliphatic rings. The van der Waals surface area contributed by atoms with E-state index < -0.39 is 0 Å². The highest BCUT2D eigenvalue weighted by molar-refractivity contribution is 5.53. The zero-order chi connectivity index (χ0) is 11.6. The maximum Gasteiger partial charge on any atom is 0.164 e. The van der Waals surface area contributed by atoms with Gasteiger partial charge in [0.1, 0.15) is 5.75 Å². The summed E-state index contributed by atoms with van der Waals surface area (Å²) in [5.41, 5.74) is 0.671. The van der Waals surface area contributed by atoms with Crippen LogP contribution in [0, 0.1) is 0 Å². The van der Waals surface area contributed by atoms with E-state index in [1.54, 1.807) is 13.2 Å². The van der Waals surface area contributed by atoms with Gasteiger partial charge in [-0.3, -0.25) is 0 Å². The van der Waals surface area contributed by atoms with Crippen molar-refractivity contribution in [1.29, 1.82) is 0 Å². The molecule has 84 valence electrons. The maximum atomic E-state index is 9.96. The Morgan fingerprint density at radius 3 is 2.07 bits per heavy atom. The molecule has 1 aromatic rings.